The quantitative estimate of drug-likeness (QED) is 0.602. The highest BCUT2D eigenvalue weighted by Crippen LogP contribution is 2.24. The number of ether oxygens (including phenoxy) is 2. The van der Waals surface area contributed by atoms with E-state index in [-0.39, 0.29) is 23.8 Å². The second-order valence-corrected chi connectivity index (χ2v) is 6.05. The Bertz CT molecular complexity index is 938. The summed E-state index contributed by atoms with van der Waals surface area (Å²) in [4.78, 5) is 16.4. The molecule has 28 heavy (non-hydrogen) atoms. The number of rotatable bonds is 8. The molecule has 1 heterocycles. The van der Waals surface area contributed by atoms with Crippen molar-refractivity contribution < 1.29 is 23.1 Å². The Morgan fingerprint density at radius 3 is 2.57 bits per heavy atom. The van der Waals surface area contributed by atoms with Gasteiger partial charge in [0.05, 0.1) is 31.3 Å². The lowest BCUT2D eigenvalue weighted by Crippen LogP contribution is -2.29. The van der Waals surface area contributed by atoms with Gasteiger partial charge in [0.25, 0.3) is 0 Å². The molecular formula is C21H21FN2O4. The average molecular weight is 384 g/mol. The molecule has 0 saturated heterocycles. The van der Waals surface area contributed by atoms with Gasteiger partial charge in [0.15, 0.2) is 0 Å². The molecule has 146 valence electrons. The molecule has 6 nitrogen and oxygen atoms in total. The predicted molar refractivity (Wildman–Crippen MR) is 102 cm³/mol. The van der Waals surface area contributed by atoms with E-state index in [0.29, 0.717) is 30.4 Å². The number of nitrogens with zero attached hydrogens (tertiary/aromatic N) is 1. The molecule has 0 spiro atoms. The summed E-state index contributed by atoms with van der Waals surface area (Å²) in [5, 5.41) is 2.77. The number of hydrogen-bond donors (Lipinski definition) is 1. The lowest BCUT2D eigenvalue weighted by molar-refractivity contribution is -0.120. The zero-order chi connectivity index (χ0) is 19.9. The van der Waals surface area contributed by atoms with E-state index in [9.17, 15) is 9.18 Å². The smallest absolute Gasteiger partial charge is 0.229 e. The van der Waals surface area contributed by atoms with Crippen molar-refractivity contribution in [3.05, 3.63) is 65.8 Å². The molecule has 0 aliphatic rings. The number of carbonyl (C=O) groups is 1. The third kappa shape index (κ3) is 4.88. The summed E-state index contributed by atoms with van der Waals surface area (Å²) in [5.74, 6) is 1.46. The summed E-state index contributed by atoms with van der Waals surface area (Å²) in [5.41, 5.74) is 0.747. The van der Waals surface area contributed by atoms with Gasteiger partial charge in [-0.1, -0.05) is 12.1 Å². The lowest BCUT2D eigenvalue weighted by atomic mass is 10.2. The van der Waals surface area contributed by atoms with Crippen LogP contribution in [0.15, 0.2) is 52.9 Å². The fraction of sp³-hybridized carbons (Fsp3) is 0.238. The molecule has 0 saturated carbocycles. The topological polar surface area (TPSA) is 73.6 Å². The Morgan fingerprint density at radius 1 is 1.14 bits per heavy atom. The molecule has 0 fully saturated rings. The normalized spacial score (nSPS) is 10.5. The number of carbonyl (C=O) groups excluding carboxylic acids is 1. The summed E-state index contributed by atoms with van der Waals surface area (Å²) in [6, 6.07) is 13.4. The third-order valence-electron chi connectivity index (χ3n) is 4.08. The molecule has 0 aliphatic heterocycles. The zero-order valence-electron chi connectivity index (χ0n) is 15.7. The van der Waals surface area contributed by atoms with E-state index in [1.807, 2.05) is 0 Å². The summed E-state index contributed by atoms with van der Waals surface area (Å²) < 4.78 is 30.0. The van der Waals surface area contributed by atoms with Gasteiger partial charge in [-0.25, -0.2) is 9.37 Å². The molecule has 2 aromatic carbocycles. The van der Waals surface area contributed by atoms with Crippen LogP contribution in [-0.4, -0.2) is 31.2 Å². The van der Waals surface area contributed by atoms with Crippen molar-refractivity contribution >= 4 is 5.91 Å². The summed E-state index contributed by atoms with van der Waals surface area (Å²) in [7, 11) is 1.60. The van der Waals surface area contributed by atoms with E-state index in [2.05, 4.69) is 10.3 Å². The first-order valence-corrected chi connectivity index (χ1v) is 8.81. The maximum atomic E-state index is 13.9. The van der Waals surface area contributed by atoms with Crippen molar-refractivity contribution in [3.8, 4) is 23.0 Å². The van der Waals surface area contributed by atoms with Gasteiger partial charge in [-0.15, -0.1) is 0 Å². The van der Waals surface area contributed by atoms with Crippen molar-refractivity contribution in [1.29, 1.82) is 0 Å². The number of aromatic nitrogens is 1. The first kappa shape index (κ1) is 19.4. The number of amides is 1. The summed E-state index contributed by atoms with van der Waals surface area (Å²) in [6.45, 7) is 2.38. The Hall–Kier alpha value is -3.35. The maximum Gasteiger partial charge on any atom is 0.229 e. The van der Waals surface area contributed by atoms with Crippen molar-refractivity contribution in [3.63, 3.8) is 0 Å². The molecule has 0 bridgehead atoms. The largest absolute Gasteiger partial charge is 0.497 e. The lowest BCUT2D eigenvalue weighted by Gasteiger charge is -2.08. The van der Waals surface area contributed by atoms with Crippen LogP contribution in [-0.2, 0) is 11.2 Å². The number of benzene rings is 2. The van der Waals surface area contributed by atoms with Crippen molar-refractivity contribution in [2.75, 3.05) is 20.3 Å². The minimum atomic E-state index is -0.421. The highest BCUT2D eigenvalue weighted by Gasteiger charge is 2.16. The first-order chi connectivity index (χ1) is 13.6. The van der Waals surface area contributed by atoms with E-state index < -0.39 is 5.82 Å². The summed E-state index contributed by atoms with van der Waals surface area (Å²) in [6.07, 6.45) is 0.0479. The monoisotopic (exact) mass is 384 g/mol. The SMILES string of the molecule is COc1ccc(OCCNC(=O)Cc2nc(-c3ccccc3F)oc2C)cc1. The van der Waals surface area contributed by atoms with Gasteiger partial charge in [0.1, 0.15) is 29.7 Å². The second-order valence-electron chi connectivity index (χ2n) is 6.05. The third-order valence-corrected chi connectivity index (χ3v) is 4.08. The van der Waals surface area contributed by atoms with Crippen molar-refractivity contribution in [1.82, 2.24) is 10.3 Å². The van der Waals surface area contributed by atoms with Crippen LogP contribution in [0.4, 0.5) is 4.39 Å². The van der Waals surface area contributed by atoms with Gasteiger partial charge in [-0.2, -0.15) is 0 Å². The second kappa shape index (κ2) is 9.03. The molecule has 1 aromatic heterocycles. The van der Waals surface area contributed by atoms with Gasteiger partial charge >= 0.3 is 0 Å². The first-order valence-electron chi connectivity index (χ1n) is 8.81. The molecule has 7 heteroatoms. The Kier molecular flexibility index (Phi) is 6.26. The van der Waals surface area contributed by atoms with E-state index >= 15 is 0 Å². The van der Waals surface area contributed by atoms with Gasteiger partial charge in [-0.3, -0.25) is 4.79 Å². The highest BCUT2D eigenvalue weighted by atomic mass is 19.1. The number of oxazole rings is 1. The Labute approximate surface area is 162 Å². The van der Waals surface area contributed by atoms with Crippen LogP contribution in [0.3, 0.4) is 0 Å². The fourth-order valence-corrected chi connectivity index (χ4v) is 2.59. The van der Waals surface area contributed by atoms with Crippen molar-refractivity contribution in [2.24, 2.45) is 0 Å². The minimum absolute atomic E-state index is 0.0479. The number of halogens is 1. The van der Waals surface area contributed by atoms with Gasteiger partial charge in [0.2, 0.25) is 11.8 Å². The minimum Gasteiger partial charge on any atom is -0.497 e. The van der Waals surface area contributed by atoms with Crippen LogP contribution in [0.2, 0.25) is 0 Å². The molecule has 0 radical (unpaired) electrons. The Morgan fingerprint density at radius 2 is 1.86 bits per heavy atom. The average Bonchev–Trinajstić information content (AvgIpc) is 3.06. The molecule has 0 unspecified atom stereocenters. The molecule has 1 N–H and O–H groups in total. The van der Waals surface area contributed by atoms with Gasteiger partial charge in [-0.05, 0) is 43.3 Å². The molecular weight excluding hydrogens is 363 g/mol. The highest BCUT2D eigenvalue weighted by molar-refractivity contribution is 5.78. The molecule has 3 rings (SSSR count). The summed E-state index contributed by atoms with van der Waals surface area (Å²) >= 11 is 0. The van der Waals surface area contributed by atoms with Gasteiger partial charge in [0, 0.05) is 0 Å². The van der Waals surface area contributed by atoms with Crippen molar-refractivity contribution in [2.45, 2.75) is 13.3 Å². The van der Waals surface area contributed by atoms with Crippen LogP contribution in [0.25, 0.3) is 11.5 Å². The maximum absolute atomic E-state index is 13.9. The number of methoxy groups -OCH3 is 1. The number of hydrogen-bond acceptors (Lipinski definition) is 5. The molecule has 0 aliphatic carbocycles. The number of nitrogens with one attached hydrogen (secondary N) is 1. The molecule has 1 amide bonds. The van der Waals surface area contributed by atoms with Crippen LogP contribution in [0, 0.1) is 12.7 Å². The van der Waals surface area contributed by atoms with E-state index in [0.717, 1.165) is 5.75 Å². The predicted octanol–water partition coefficient (Wildman–Crippen LogP) is 3.54. The van der Waals surface area contributed by atoms with Crippen LogP contribution >= 0.6 is 0 Å². The van der Waals surface area contributed by atoms with Gasteiger partial charge < -0.3 is 19.2 Å². The van der Waals surface area contributed by atoms with Crippen LogP contribution in [0.1, 0.15) is 11.5 Å². The zero-order valence-corrected chi connectivity index (χ0v) is 15.7. The fourth-order valence-electron chi connectivity index (χ4n) is 2.59. The number of aryl methyl sites for hydroxylation is 1. The Balaban J connectivity index is 1.49. The van der Waals surface area contributed by atoms with Crippen LogP contribution in [0.5, 0.6) is 11.5 Å². The van der Waals surface area contributed by atoms with E-state index in [1.165, 1.54) is 6.07 Å². The van der Waals surface area contributed by atoms with E-state index in [4.69, 9.17) is 13.9 Å². The standard InChI is InChI=1S/C21H21FN2O4/c1-14-19(24-21(28-14)17-5-3-4-6-18(17)22)13-20(25)23-11-12-27-16-9-7-15(26-2)8-10-16/h3-10H,11-13H2,1-2H3,(H,23,25). The van der Waals surface area contributed by atoms with Crippen LogP contribution < -0.4 is 14.8 Å². The molecule has 3 aromatic rings. The molecule has 0 atom stereocenters. The van der Waals surface area contributed by atoms with E-state index in [1.54, 1.807) is 56.5 Å².